The lowest BCUT2D eigenvalue weighted by atomic mass is 10.0. The van der Waals surface area contributed by atoms with Gasteiger partial charge >= 0.3 is 0 Å². The van der Waals surface area contributed by atoms with Crippen molar-refractivity contribution >= 4 is 29.1 Å². The molecule has 3 rings (SSSR count). The van der Waals surface area contributed by atoms with Crippen LogP contribution in [0.25, 0.3) is 11.1 Å². The van der Waals surface area contributed by atoms with E-state index < -0.39 is 0 Å². The summed E-state index contributed by atoms with van der Waals surface area (Å²) >= 11 is 12.3. The minimum atomic E-state index is 0.0599. The van der Waals surface area contributed by atoms with E-state index in [4.69, 9.17) is 28.9 Å². The lowest BCUT2D eigenvalue weighted by Gasteiger charge is -2.16. The number of hydrogen-bond acceptors (Lipinski definition) is 2. The monoisotopic (exact) mass is 348 g/mol. The van der Waals surface area contributed by atoms with Crippen LogP contribution in [0.1, 0.15) is 16.8 Å². The second-order valence-electron chi connectivity index (χ2n) is 5.82. The van der Waals surface area contributed by atoms with Crippen molar-refractivity contribution in [1.29, 1.82) is 0 Å². The van der Waals surface area contributed by atoms with Gasteiger partial charge in [0.2, 0.25) is 0 Å². The Morgan fingerprint density at radius 1 is 1.17 bits per heavy atom. The van der Waals surface area contributed by atoms with Crippen LogP contribution in [-0.4, -0.2) is 30.4 Å². The molecule has 1 heterocycles. The number of rotatable bonds is 3. The van der Waals surface area contributed by atoms with Gasteiger partial charge in [-0.3, -0.25) is 4.79 Å². The van der Waals surface area contributed by atoms with Gasteiger partial charge in [-0.1, -0.05) is 47.5 Å². The van der Waals surface area contributed by atoms with Gasteiger partial charge in [-0.2, -0.15) is 0 Å². The standard InChI is InChI=1S/C18H18Cl2N2O/c19-16-3-1-2-15(17(16)20)13-4-6-14(7-5-13)18(23)22-9-8-12(10-21)11-22/h1-7,12H,8-11,21H2/t12-/m1/s1. The van der Waals surface area contributed by atoms with E-state index in [2.05, 4.69) is 0 Å². The van der Waals surface area contributed by atoms with Crippen LogP contribution in [0.15, 0.2) is 42.5 Å². The smallest absolute Gasteiger partial charge is 0.253 e. The summed E-state index contributed by atoms with van der Waals surface area (Å²) in [6.07, 6.45) is 0.985. The van der Waals surface area contributed by atoms with Gasteiger partial charge in [-0.25, -0.2) is 0 Å². The molecule has 23 heavy (non-hydrogen) atoms. The maximum absolute atomic E-state index is 12.5. The highest BCUT2D eigenvalue weighted by molar-refractivity contribution is 6.43. The Labute approximate surface area is 146 Å². The van der Waals surface area contributed by atoms with Crippen LogP contribution < -0.4 is 5.73 Å². The van der Waals surface area contributed by atoms with Crippen molar-refractivity contribution in [2.75, 3.05) is 19.6 Å². The molecule has 0 radical (unpaired) electrons. The number of carbonyl (C=O) groups is 1. The Balaban J connectivity index is 1.80. The molecule has 1 aliphatic rings. The summed E-state index contributed by atoms with van der Waals surface area (Å²) in [7, 11) is 0. The molecule has 0 bridgehead atoms. The summed E-state index contributed by atoms with van der Waals surface area (Å²) in [4.78, 5) is 14.4. The average Bonchev–Trinajstić information content (AvgIpc) is 3.06. The van der Waals surface area contributed by atoms with Crippen molar-refractivity contribution in [1.82, 2.24) is 4.90 Å². The van der Waals surface area contributed by atoms with Crippen molar-refractivity contribution < 1.29 is 4.79 Å². The maximum atomic E-state index is 12.5. The zero-order valence-corrected chi connectivity index (χ0v) is 14.1. The predicted octanol–water partition coefficient (Wildman–Crippen LogP) is 4.08. The van der Waals surface area contributed by atoms with Crippen LogP contribution in [0.5, 0.6) is 0 Å². The minimum absolute atomic E-state index is 0.0599. The number of halogens is 2. The molecule has 0 saturated carbocycles. The first-order valence-corrected chi connectivity index (χ1v) is 8.39. The quantitative estimate of drug-likeness (QED) is 0.908. The lowest BCUT2D eigenvalue weighted by molar-refractivity contribution is 0.0787. The molecule has 0 aromatic heterocycles. The van der Waals surface area contributed by atoms with E-state index >= 15 is 0 Å². The third-order valence-corrected chi connectivity index (χ3v) is 5.12. The molecule has 0 spiro atoms. The fourth-order valence-corrected chi connectivity index (χ4v) is 3.32. The Bertz CT molecular complexity index is 715. The number of likely N-dealkylation sites (tertiary alicyclic amines) is 1. The zero-order chi connectivity index (χ0) is 16.4. The highest BCUT2D eigenvalue weighted by atomic mass is 35.5. The van der Waals surface area contributed by atoms with Gasteiger partial charge < -0.3 is 10.6 Å². The highest BCUT2D eigenvalue weighted by Crippen LogP contribution is 2.33. The van der Waals surface area contributed by atoms with E-state index in [0.29, 0.717) is 28.1 Å². The highest BCUT2D eigenvalue weighted by Gasteiger charge is 2.25. The zero-order valence-electron chi connectivity index (χ0n) is 12.6. The summed E-state index contributed by atoms with van der Waals surface area (Å²) in [6, 6.07) is 13.0. The van der Waals surface area contributed by atoms with Gasteiger partial charge in [0.1, 0.15) is 0 Å². The van der Waals surface area contributed by atoms with Gasteiger partial charge in [0, 0.05) is 24.2 Å². The second kappa shape index (κ2) is 6.91. The molecule has 3 nitrogen and oxygen atoms in total. The molecule has 0 aliphatic carbocycles. The van der Waals surface area contributed by atoms with E-state index in [1.807, 2.05) is 41.3 Å². The predicted molar refractivity (Wildman–Crippen MR) is 95.0 cm³/mol. The number of nitrogens with zero attached hydrogens (tertiary/aromatic N) is 1. The van der Waals surface area contributed by atoms with E-state index in [0.717, 1.165) is 30.6 Å². The number of benzene rings is 2. The van der Waals surface area contributed by atoms with Gasteiger partial charge in [0.25, 0.3) is 5.91 Å². The van der Waals surface area contributed by atoms with Crippen LogP contribution in [0.3, 0.4) is 0 Å². The average molecular weight is 349 g/mol. The van der Waals surface area contributed by atoms with Crippen molar-refractivity contribution in [3.63, 3.8) is 0 Å². The summed E-state index contributed by atoms with van der Waals surface area (Å²) < 4.78 is 0. The molecule has 1 saturated heterocycles. The molecule has 5 heteroatoms. The largest absolute Gasteiger partial charge is 0.338 e. The molecule has 120 valence electrons. The summed E-state index contributed by atoms with van der Waals surface area (Å²) in [5, 5.41) is 1.05. The van der Waals surface area contributed by atoms with Gasteiger partial charge in [-0.05, 0) is 42.6 Å². The molecular formula is C18H18Cl2N2O. The molecular weight excluding hydrogens is 331 g/mol. The first-order chi connectivity index (χ1) is 11.1. The van der Waals surface area contributed by atoms with Crippen LogP contribution >= 0.6 is 23.2 Å². The van der Waals surface area contributed by atoms with E-state index in [9.17, 15) is 4.79 Å². The summed E-state index contributed by atoms with van der Waals surface area (Å²) in [5.74, 6) is 0.480. The van der Waals surface area contributed by atoms with Crippen molar-refractivity contribution in [2.24, 2.45) is 11.7 Å². The van der Waals surface area contributed by atoms with Gasteiger partial charge in [0.05, 0.1) is 10.0 Å². The van der Waals surface area contributed by atoms with Crippen molar-refractivity contribution in [2.45, 2.75) is 6.42 Å². The summed E-state index contributed by atoms with van der Waals surface area (Å²) in [5.41, 5.74) is 8.17. The number of nitrogens with two attached hydrogens (primary N) is 1. The Hall–Kier alpha value is -1.55. The van der Waals surface area contributed by atoms with Gasteiger partial charge in [-0.15, -0.1) is 0 Å². The minimum Gasteiger partial charge on any atom is -0.338 e. The normalized spacial score (nSPS) is 17.5. The van der Waals surface area contributed by atoms with E-state index in [1.165, 1.54) is 0 Å². The van der Waals surface area contributed by atoms with Crippen LogP contribution in [-0.2, 0) is 0 Å². The molecule has 1 amide bonds. The van der Waals surface area contributed by atoms with Crippen LogP contribution in [0.2, 0.25) is 10.0 Å². The second-order valence-corrected chi connectivity index (χ2v) is 6.61. The Morgan fingerprint density at radius 2 is 1.91 bits per heavy atom. The number of carbonyl (C=O) groups excluding carboxylic acids is 1. The van der Waals surface area contributed by atoms with Crippen molar-refractivity contribution in [3.8, 4) is 11.1 Å². The molecule has 1 aliphatic heterocycles. The lowest BCUT2D eigenvalue weighted by Crippen LogP contribution is -2.29. The third-order valence-electron chi connectivity index (χ3n) is 4.30. The fourth-order valence-electron chi connectivity index (χ4n) is 2.91. The van der Waals surface area contributed by atoms with Crippen LogP contribution in [0.4, 0.5) is 0 Å². The molecule has 1 atom stereocenters. The first kappa shape index (κ1) is 16.3. The maximum Gasteiger partial charge on any atom is 0.253 e. The molecule has 1 fully saturated rings. The van der Waals surface area contributed by atoms with Crippen molar-refractivity contribution in [3.05, 3.63) is 58.1 Å². The van der Waals surface area contributed by atoms with E-state index in [-0.39, 0.29) is 5.91 Å². The molecule has 2 aromatic rings. The SMILES string of the molecule is NC[C@H]1CCN(C(=O)c2ccc(-c3cccc(Cl)c3Cl)cc2)C1. The van der Waals surface area contributed by atoms with E-state index in [1.54, 1.807) is 6.07 Å². The number of amides is 1. The molecule has 2 aromatic carbocycles. The molecule has 0 unspecified atom stereocenters. The topological polar surface area (TPSA) is 46.3 Å². The van der Waals surface area contributed by atoms with Gasteiger partial charge in [0.15, 0.2) is 0 Å². The molecule has 2 N–H and O–H groups in total. The van der Waals surface area contributed by atoms with Crippen LogP contribution in [0, 0.1) is 5.92 Å². The Kier molecular flexibility index (Phi) is 4.90. The first-order valence-electron chi connectivity index (χ1n) is 7.64. The summed E-state index contributed by atoms with van der Waals surface area (Å²) in [6.45, 7) is 2.16. The number of hydrogen-bond donors (Lipinski definition) is 1. The Morgan fingerprint density at radius 3 is 2.57 bits per heavy atom. The third kappa shape index (κ3) is 3.37. The fraction of sp³-hybridized carbons (Fsp3) is 0.278.